The van der Waals surface area contributed by atoms with Crippen molar-refractivity contribution in [1.29, 1.82) is 0 Å². The van der Waals surface area contributed by atoms with Gasteiger partial charge in [-0.3, -0.25) is 0 Å². The first-order valence-corrected chi connectivity index (χ1v) is 7.97. The fraction of sp³-hybridized carbons (Fsp3) is 0.200. The van der Waals surface area contributed by atoms with Crippen molar-refractivity contribution in [3.8, 4) is 0 Å². The highest BCUT2D eigenvalue weighted by Gasteiger charge is 2.08. The first-order valence-electron chi connectivity index (χ1n) is 7.97. The maximum Gasteiger partial charge on any atom is 0.337 e. The van der Waals surface area contributed by atoms with Gasteiger partial charge in [-0.25, -0.2) is 9.78 Å². The normalized spacial score (nSPS) is 10.5. The van der Waals surface area contributed by atoms with Gasteiger partial charge in [0.2, 0.25) is 0 Å². The largest absolute Gasteiger partial charge is 0.465 e. The van der Waals surface area contributed by atoms with Crippen LogP contribution in [0.2, 0.25) is 0 Å². The Hall–Kier alpha value is -2.88. The van der Waals surface area contributed by atoms with Crippen molar-refractivity contribution in [2.45, 2.75) is 19.4 Å². The van der Waals surface area contributed by atoms with E-state index >= 15 is 0 Å². The van der Waals surface area contributed by atoms with Gasteiger partial charge in [-0.05, 0) is 29.7 Å². The number of aryl methyl sites for hydroxylation is 2. The maximum atomic E-state index is 11.7. The molecule has 4 nitrogen and oxygen atoms in total. The summed E-state index contributed by atoms with van der Waals surface area (Å²) in [5.41, 5.74) is 2.93. The number of carbonyl (C=O) groups is 1. The van der Waals surface area contributed by atoms with Crippen LogP contribution in [0, 0.1) is 0 Å². The van der Waals surface area contributed by atoms with Crippen LogP contribution in [-0.2, 0) is 24.1 Å². The van der Waals surface area contributed by atoms with Gasteiger partial charge < -0.3 is 9.30 Å². The Morgan fingerprint density at radius 3 is 2.62 bits per heavy atom. The van der Waals surface area contributed by atoms with Gasteiger partial charge in [0.1, 0.15) is 5.82 Å². The molecule has 0 aliphatic rings. The lowest BCUT2D eigenvalue weighted by atomic mass is 10.1. The van der Waals surface area contributed by atoms with Crippen molar-refractivity contribution >= 4 is 5.97 Å². The second-order valence-corrected chi connectivity index (χ2v) is 5.65. The molecule has 3 aromatic rings. The number of esters is 1. The van der Waals surface area contributed by atoms with Gasteiger partial charge in [-0.1, -0.05) is 42.5 Å². The third kappa shape index (κ3) is 3.90. The second-order valence-electron chi connectivity index (χ2n) is 5.65. The fourth-order valence-electron chi connectivity index (χ4n) is 2.72. The van der Waals surface area contributed by atoms with Crippen molar-refractivity contribution in [2.24, 2.45) is 0 Å². The minimum atomic E-state index is -0.313. The molecule has 0 bridgehead atoms. The van der Waals surface area contributed by atoms with Crippen molar-refractivity contribution in [2.75, 3.05) is 7.11 Å². The van der Waals surface area contributed by atoms with Crippen LogP contribution < -0.4 is 0 Å². The zero-order valence-electron chi connectivity index (χ0n) is 13.7. The maximum absolute atomic E-state index is 11.7. The van der Waals surface area contributed by atoms with Crippen LogP contribution in [0.3, 0.4) is 0 Å². The summed E-state index contributed by atoms with van der Waals surface area (Å²) in [4.78, 5) is 16.1. The molecular weight excluding hydrogens is 300 g/mol. The summed E-state index contributed by atoms with van der Waals surface area (Å²) in [6, 6.07) is 17.9. The molecule has 0 radical (unpaired) electrons. The molecule has 0 N–H and O–H groups in total. The number of rotatable bonds is 6. The van der Waals surface area contributed by atoms with Crippen LogP contribution in [0.15, 0.2) is 67.0 Å². The number of aromatic nitrogens is 2. The smallest absolute Gasteiger partial charge is 0.337 e. The lowest BCUT2D eigenvalue weighted by Gasteiger charge is -2.09. The molecule has 2 aromatic carbocycles. The molecule has 0 unspecified atom stereocenters. The van der Waals surface area contributed by atoms with Gasteiger partial charge in [0.25, 0.3) is 0 Å². The van der Waals surface area contributed by atoms with E-state index in [1.54, 1.807) is 6.07 Å². The number of ether oxygens (including phenoxy) is 1. The van der Waals surface area contributed by atoms with Gasteiger partial charge in [-0.15, -0.1) is 0 Å². The van der Waals surface area contributed by atoms with Crippen molar-refractivity contribution in [3.63, 3.8) is 0 Å². The van der Waals surface area contributed by atoms with E-state index in [0.29, 0.717) is 12.1 Å². The van der Waals surface area contributed by atoms with E-state index in [-0.39, 0.29) is 5.97 Å². The Morgan fingerprint density at radius 2 is 1.83 bits per heavy atom. The standard InChI is InChI=1S/C20H20N2O2/c1-24-20(23)18-9-5-8-17(14-18)15-22-13-12-21-19(22)11-10-16-6-3-2-4-7-16/h2-9,12-14H,10-11,15H2,1H3. The Morgan fingerprint density at radius 1 is 1.04 bits per heavy atom. The summed E-state index contributed by atoms with van der Waals surface area (Å²) in [6.07, 6.45) is 5.64. The average molecular weight is 320 g/mol. The number of benzene rings is 2. The summed E-state index contributed by atoms with van der Waals surface area (Å²) in [5.74, 6) is 0.731. The summed E-state index contributed by atoms with van der Waals surface area (Å²) in [6.45, 7) is 0.689. The Labute approximate surface area is 141 Å². The predicted octanol–water partition coefficient (Wildman–Crippen LogP) is 3.50. The van der Waals surface area contributed by atoms with Gasteiger partial charge in [0.05, 0.1) is 12.7 Å². The van der Waals surface area contributed by atoms with E-state index in [1.807, 2.05) is 36.7 Å². The SMILES string of the molecule is COC(=O)c1cccc(Cn2ccnc2CCc2ccccc2)c1. The molecule has 3 rings (SSSR count). The third-order valence-corrected chi connectivity index (χ3v) is 3.98. The lowest BCUT2D eigenvalue weighted by Crippen LogP contribution is -2.07. The van der Waals surface area contributed by atoms with Crippen molar-refractivity contribution in [1.82, 2.24) is 9.55 Å². The zero-order chi connectivity index (χ0) is 16.8. The zero-order valence-corrected chi connectivity index (χ0v) is 13.7. The van der Waals surface area contributed by atoms with E-state index in [1.165, 1.54) is 12.7 Å². The molecule has 24 heavy (non-hydrogen) atoms. The summed E-state index contributed by atoms with van der Waals surface area (Å²) >= 11 is 0. The summed E-state index contributed by atoms with van der Waals surface area (Å²) in [5, 5.41) is 0. The van der Waals surface area contributed by atoms with Crippen molar-refractivity contribution in [3.05, 3.63) is 89.5 Å². The Kier molecular flexibility index (Phi) is 5.06. The number of carbonyl (C=O) groups excluding carboxylic acids is 1. The van der Waals surface area contributed by atoms with Gasteiger partial charge in [-0.2, -0.15) is 0 Å². The van der Waals surface area contributed by atoms with Gasteiger partial charge in [0, 0.05) is 25.4 Å². The quantitative estimate of drug-likeness (QED) is 0.653. The van der Waals surface area contributed by atoms with E-state index < -0.39 is 0 Å². The van der Waals surface area contributed by atoms with E-state index in [9.17, 15) is 4.79 Å². The molecule has 0 aliphatic heterocycles. The van der Waals surface area contributed by atoms with Crippen LogP contribution in [0.4, 0.5) is 0 Å². The molecule has 0 saturated heterocycles. The number of imidazole rings is 1. The molecule has 0 atom stereocenters. The van der Waals surface area contributed by atoms with Gasteiger partial charge in [0.15, 0.2) is 0 Å². The van der Waals surface area contributed by atoms with Crippen LogP contribution in [0.25, 0.3) is 0 Å². The minimum absolute atomic E-state index is 0.313. The van der Waals surface area contributed by atoms with E-state index in [2.05, 4.69) is 33.8 Å². The predicted molar refractivity (Wildman–Crippen MR) is 93.0 cm³/mol. The molecule has 0 spiro atoms. The number of hydrogen-bond donors (Lipinski definition) is 0. The summed E-state index contributed by atoms with van der Waals surface area (Å²) in [7, 11) is 1.40. The number of nitrogens with zero attached hydrogens (tertiary/aromatic N) is 2. The highest BCUT2D eigenvalue weighted by molar-refractivity contribution is 5.89. The molecule has 1 aromatic heterocycles. The first-order chi connectivity index (χ1) is 11.8. The molecule has 0 amide bonds. The molecule has 4 heteroatoms. The highest BCUT2D eigenvalue weighted by Crippen LogP contribution is 2.11. The molecule has 0 saturated carbocycles. The molecule has 1 heterocycles. The minimum Gasteiger partial charge on any atom is -0.465 e. The van der Waals surface area contributed by atoms with E-state index in [0.717, 1.165) is 24.2 Å². The van der Waals surface area contributed by atoms with Crippen LogP contribution in [-0.4, -0.2) is 22.6 Å². The molecular formula is C20H20N2O2. The van der Waals surface area contributed by atoms with Crippen LogP contribution >= 0.6 is 0 Å². The molecule has 0 fully saturated rings. The molecule has 122 valence electrons. The highest BCUT2D eigenvalue weighted by atomic mass is 16.5. The molecule has 0 aliphatic carbocycles. The van der Waals surface area contributed by atoms with Crippen LogP contribution in [0.5, 0.6) is 0 Å². The monoisotopic (exact) mass is 320 g/mol. The van der Waals surface area contributed by atoms with Gasteiger partial charge >= 0.3 is 5.97 Å². The topological polar surface area (TPSA) is 44.1 Å². The number of methoxy groups -OCH3 is 1. The summed E-state index contributed by atoms with van der Waals surface area (Å²) < 4.78 is 6.90. The van der Waals surface area contributed by atoms with Crippen molar-refractivity contribution < 1.29 is 9.53 Å². The van der Waals surface area contributed by atoms with Crippen LogP contribution in [0.1, 0.15) is 27.3 Å². The first kappa shape index (κ1) is 16.0. The van der Waals surface area contributed by atoms with E-state index in [4.69, 9.17) is 4.74 Å². The Bertz CT molecular complexity index is 809. The Balaban J connectivity index is 1.70. The average Bonchev–Trinajstić information content (AvgIpc) is 3.07. The third-order valence-electron chi connectivity index (χ3n) is 3.98. The number of hydrogen-bond acceptors (Lipinski definition) is 3. The lowest BCUT2D eigenvalue weighted by molar-refractivity contribution is 0.0600. The fourth-order valence-corrected chi connectivity index (χ4v) is 2.72. The second kappa shape index (κ2) is 7.59.